The highest BCUT2D eigenvalue weighted by Crippen LogP contribution is 2.03. The molecule has 0 amide bonds. The van der Waals surface area contributed by atoms with Gasteiger partial charge in [-0.05, 0) is 4.01 Å². The van der Waals surface area contributed by atoms with Crippen molar-refractivity contribution >= 4 is 34.9 Å². The van der Waals surface area contributed by atoms with Crippen LogP contribution in [-0.2, 0) is 4.79 Å². The summed E-state index contributed by atoms with van der Waals surface area (Å²) < 4.78 is 3.50. The fraction of sp³-hybridized carbons (Fsp3) is 0. The lowest BCUT2D eigenvalue weighted by molar-refractivity contribution is -0.132. The molecule has 0 bridgehead atoms. The molecule has 0 unspecified atom stereocenters. The molecule has 0 aliphatic carbocycles. The Balaban J connectivity index is 2.84. The van der Waals surface area contributed by atoms with Crippen molar-refractivity contribution in [3.05, 3.63) is 11.8 Å². The van der Waals surface area contributed by atoms with E-state index in [0.29, 0.717) is 5.57 Å². The number of hydrogen-bond donors (Lipinski definition) is 1. The molecule has 3 nitrogen and oxygen atoms in total. The van der Waals surface area contributed by atoms with Gasteiger partial charge in [0.25, 0.3) is 0 Å². The molecule has 0 aromatic heterocycles. The van der Waals surface area contributed by atoms with Gasteiger partial charge in [0.05, 0.1) is 9.79 Å². The quantitative estimate of drug-likeness (QED) is 0.684. The van der Waals surface area contributed by atoms with Gasteiger partial charge in [0, 0.05) is 6.20 Å². The minimum atomic E-state index is -0.883. The lowest BCUT2D eigenvalue weighted by Crippen LogP contribution is -2.00. The zero-order valence-electron chi connectivity index (χ0n) is 4.41. The largest absolute Gasteiger partial charge is 0.478 e. The van der Waals surface area contributed by atoms with E-state index < -0.39 is 5.97 Å². The molecule has 48 valence electrons. The van der Waals surface area contributed by atoms with E-state index in [1.807, 2.05) is 0 Å². The van der Waals surface area contributed by atoms with Gasteiger partial charge >= 0.3 is 5.97 Å². The van der Waals surface area contributed by atoms with Crippen molar-refractivity contribution in [3.8, 4) is 0 Å². The van der Waals surface area contributed by atoms with Gasteiger partial charge in [0.15, 0.2) is 0 Å². The summed E-state index contributed by atoms with van der Waals surface area (Å²) in [7, 11) is 0. The Labute approximate surface area is 61.9 Å². The predicted octanol–water partition coefficient (Wildman–Crippen LogP) is 0.770. The summed E-state index contributed by atoms with van der Waals surface area (Å²) >= 11 is -0.225. The summed E-state index contributed by atoms with van der Waals surface area (Å²) in [5.74, 6) is -0.883. The highest BCUT2D eigenvalue weighted by atomic mass is 127. The second-order valence-electron chi connectivity index (χ2n) is 1.37. The van der Waals surface area contributed by atoms with Crippen molar-refractivity contribution in [3.63, 3.8) is 0 Å². The Kier molecular flexibility index (Phi) is 2.10. The number of nitrogens with zero attached hydrogens (tertiary/aromatic N) is 1. The third-order valence-electron chi connectivity index (χ3n) is 0.754. The number of rotatable bonds is 1. The molecule has 0 atom stereocenters. The maximum absolute atomic E-state index is 10.2. The Morgan fingerprint density at radius 2 is 2.56 bits per heavy atom. The molecule has 0 aromatic rings. The van der Waals surface area contributed by atoms with E-state index >= 15 is 0 Å². The summed E-state index contributed by atoms with van der Waals surface area (Å²) in [6.45, 7) is 0. The number of aliphatic carboxylic acids is 1. The van der Waals surface area contributed by atoms with Crippen molar-refractivity contribution < 1.29 is 9.90 Å². The summed E-state index contributed by atoms with van der Waals surface area (Å²) in [5.41, 5.74) is 0.324. The van der Waals surface area contributed by atoms with Crippen molar-refractivity contribution in [2.24, 2.45) is 4.99 Å². The van der Waals surface area contributed by atoms with Gasteiger partial charge < -0.3 is 5.11 Å². The number of carbonyl (C=O) groups is 1. The van der Waals surface area contributed by atoms with Crippen molar-refractivity contribution in [1.29, 1.82) is 0 Å². The zero-order chi connectivity index (χ0) is 6.69. The zero-order valence-corrected chi connectivity index (χ0v) is 6.57. The number of aliphatic imine (C=N–C) groups is 1. The second-order valence-corrected chi connectivity index (χ2v) is 3.27. The SMILES string of the molecule is O=C(O)C1=CN=CI=C1. The monoisotopic (exact) mass is 237 g/mol. The summed E-state index contributed by atoms with van der Waals surface area (Å²) in [5, 5.41) is 8.38. The van der Waals surface area contributed by atoms with Crippen LogP contribution in [0.25, 0.3) is 0 Å². The average molecular weight is 237 g/mol. The first-order valence-corrected chi connectivity index (χ1v) is 4.70. The maximum Gasteiger partial charge on any atom is 0.337 e. The smallest absolute Gasteiger partial charge is 0.337 e. The second kappa shape index (κ2) is 2.86. The Bertz CT molecular complexity index is 217. The lowest BCUT2D eigenvalue weighted by Gasteiger charge is -1.92. The van der Waals surface area contributed by atoms with Crippen LogP contribution >= 0.6 is 20.7 Å². The Morgan fingerprint density at radius 3 is 2.89 bits per heavy atom. The molecular weight excluding hydrogens is 233 g/mol. The topological polar surface area (TPSA) is 49.7 Å². The first-order valence-electron chi connectivity index (χ1n) is 2.21. The standard InChI is InChI=1S/C5H4INO2/c8-5(9)4-1-6-3-7-2-4/h1-3H,(H,8,9). The number of carboxylic acid groups (broad SMARTS) is 1. The highest BCUT2D eigenvalue weighted by molar-refractivity contribution is 14.2. The van der Waals surface area contributed by atoms with Crippen molar-refractivity contribution in [2.45, 2.75) is 0 Å². The summed E-state index contributed by atoms with van der Waals surface area (Å²) in [6.07, 6.45) is 1.37. The van der Waals surface area contributed by atoms with Crippen molar-refractivity contribution in [1.82, 2.24) is 0 Å². The maximum atomic E-state index is 10.2. The van der Waals surface area contributed by atoms with Crippen LogP contribution in [-0.4, -0.2) is 19.3 Å². The van der Waals surface area contributed by atoms with Gasteiger partial charge in [0.1, 0.15) is 0 Å². The molecule has 1 heterocycles. The number of carboxylic acids is 1. The molecule has 0 spiro atoms. The van der Waals surface area contributed by atoms with Gasteiger partial charge in [0.2, 0.25) is 0 Å². The van der Waals surface area contributed by atoms with Crippen LogP contribution in [0.15, 0.2) is 16.8 Å². The Morgan fingerprint density at radius 1 is 1.78 bits per heavy atom. The van der Waals surface area contributed by atoms with Crippen LogP contribution in [0.4, 0.5) is 0 Å². The molecule has 1 N–H and O–H groups in total. The molecular formula is C5H4INO2. The minimum absolute atomic E-state index is 0.225. The molecule has 0 radical (unpaired) electrons. The van der Waals surface area contributed by atoms with E-state index in [9.17, 15) is 4.79 Å². The molecule has 0 saturated carbocycles. The van der Waals surface area contributed by atoms with Gasteiger partial charge in [-0.1, -0.05) is 20.7 Å². The molecule has 9 heavy (non-hydrogen) atoms. The van der Waals surface area contributed by atoms with Crippen LogP contribution in [0.5, 0.6) is 0 Å². The van der Waals surface area contributed by atoms with Crippen LogP contribution < -0.4 is 0 Å². The third kappa shape index (κ3) is 1.70. The first kappa shape index (κ1) is 6.60. The minimum Gasteiger partial charge on any atom is -0.478 e. The van der Waals surface area contributed by atoms with E-state index in [2.05, 4.69) is 4.99 Å². The molecule has 0 aromatic carbocycles. The van der Waals surface area contributed by atoms with Crippen LogP contribution in [0.2, 0.25) is 0 Å². The Hall–Kier alpha value is -0.520. The molecule has 0 fully saturated rings. The van der Waals surface area contributed by atoms with E-state index in [0.717, 1.165) is 0 Å². The number of halogens is 1. The molecule has 1 rings (SSSR count). The number of hydrogen-bond acceptors (Lipinski definition) is 2. The normalized spacial score (nSPS) is 16.2. The van der Waals surface area contributed by atoms with Crippen LogP contribution in [0, 0.1) is 0 Å². The van der Waals surface area contributed by atoms with Gasteiger partial charge in [-0.15, -0.1) is 0 Å². The van der Waals surface area contributed by atoms with Crippen molar-refractivity contribution in [2.75, 3.05) is 0 Å². The fourth-order valence-corrected chi connectivity index (χ4v) is 1.69. The lowest BCUT2D eigenvalue weighted by atomic mass is 10.3. The molecule has 1 aliphatic heterocycles. The summed E-state index contributed by atoms with van der Waals surface area (Å²) in [4.78, 5) is 13.9. The molecule has 1 aliphatic rings. The first-order chi connectivity index (χ1) is 4.30. The summed E-state index contributed by atoms with van der Waals surface area (Å²) in [6, 6.07) is 0. The third-order valence-corrected chi connectivity index (χ3v) is 2.43. The van der Waals surface area contributed by atoms with Crippen LogP contribution in [0.3, 0.4) is 0 Å². The van der Waals surface area contributed by atoms with Gasteiger partial charge in [-0.3, -0.25) is 4.99 Å². The van der Waals surface area contributed by atoms with Gasteiger partial charge in [-0.2, -0.15) is 0 Å². The van der Waals surface area contributed by atoms with E-state index in [-0.39, 0.29) is 20.7 Å². The molecule has 0 saturated heterocycles. The predicted molar refractivity (Wildman–Crippen MR) is 44.3 cm³/mol. The average Bonchev–Trinajstić information content (AvgIpc) is 1.90. The van der Waals surface area contributed by atoms with E-state index in [4.69, 9.17) is 5.11 Å². The van der Waals surface area contributed by atoms with Crippen LogP contribution in [0.1, 0.15) is 0 Å². The molecule has 4 heteroatoms. The van der Waals surface area contributed by atoms with E-state index in [1.54, 1.807) is 8.23 Å². The van der Waals surface area contributed by atoms with E-state index in [1.165, 1.54) is 6.20 Å². The highest BCUT2D eigenvalue weighted by Gasteiger charge is 2.02. The fourth-order valence-electron chi connectivity index (χ4n) is 0.367. The van der Waals surface area contributed by atoms with Gasteiger partial charge in [-0.25, -0.2) is 4.79 Å².